The maximum atomic E-state index is 12.7. The van der Waals surface area contributed by atoms with Gasteiger partial charge >= 0.3 is 0 Å². The summed E-state index contributed by atoms with van der Waals surface area (Å²) >= 11 is 0. The molecule has 126 valence electrons. The average molecular weight is 328 g/mol. The number of nitrogens with zero attached hydrogens (tertiary/aromatic N) is 3. The van der Waals surface area contributed by atoms with E-state index in [0.29, 0.717) is 43.4 Å². The molecule has 0 unspecified atom stereocenters. The van der Waals surface area contributed by atoms with Crippen LogP contribution >= 0.6 is 0 Å². The molecule has 2 amide bonds. The number of rotatable bonds is 3. The molecule has 7 nitrogen and oxygen atoms in total. The molecule has 2 N–H and O–H groups in total. The molecule has 24 heavy (non-hydrogen) atoms. The Kier molecular flexibility index (Phi) is 4.33. The number of benzene rings is 1. The largest absolute Gasteiger partial charge is 0.369 e. The fourth-order valence-electron chi connectivity index (χ4n) is 3.14. The first kappa shape index (κ1) is 16.2. The Morgan fingerprint density at radius 3 is 2.54 bits per heavy atom. The Balaban J connectivity index is 1.95. The molecular weight excluding hydrogens is 308 g/mol. The summed E-state index contributed by atoms with van der Waals surface area (Å²) < 4.78 is 1.67. The highest BCUT2D eigenvalue weighted by molar-refractivity contribution is 5.95. The van der Waals surface area contributed by atoms with Gasteiger partial charge in [-0.3, -0.25) is 19.1 Å². The summed E-state index contributed by atoms with van der Waals surface area (Å²) in [5, 5.41) is 4.76. The molecular formula is C17H20N4O3. The number of likely N-dealkylation sites (tertiary alicyclic amines) is 1. The summed E-state index contributed by atoms with van der Waals surface area (Å²) in [6.45, 7) is 3.29. The molecule has 0 radical (unpaired) electrons. The Morgan fingerprint density at radius 2 is 1.92 bits per heavy atom. The Labute approximate surface area is 139 Å². The summed E-state index contributed by atoms with van der Waals surface area (Å²) in [4.78, 5) is 38.2. The number of fused-ring (bicyclic) bond motifs is 1. The van der Waals surface area contributed by atoms with Crippen molar-refractivity contribution in [2.45, 2.75) is 26.3 Å². The maximum Gasteiger partial charge on any atom is 0.278 e. The molecule has 7 heteroatoms. The molecule has 1 saturated heterocycles. The quantitative estimate of drug-likeness (QED) is 0.899. The number of hydrogen-bond donors (Lipinski definition) is 1. The van der Waals surface area contributed by atoms with E-state index >= 15 is 0 Å². The van der Waals surface area contributed by atoms with Crippen LogP contribution in [0.4, 0.5) is 0 Å². The number of primary amides is 1. The predicted molar refractivity (Wildman–Crippen MR) is 89.5 cm³/mol. The molecule has 1 fully saturated rings. The van der Waals surface area contributed by atoms with Crippen LogP contribution in [-0.2, 0) is 11.3 Å². The minimum atomic E-state index is -0.379. The van der Waals surface area contributed by atoms with Crippen molar-refractivity contribution in [3.05, 3.63) is 40.2 Å². The number of aryl methyl sites for hydroxylation is 1. The van der Waals surface area contributed by atoms with Crippen LogP contribution < -0.4 is 11.2 Å². The van der Waals surface area contributed by atoms with Gasteiger partial charge in [-0.1, -0.05) is 12.1 Å². The van der Waals surface area contributed by atoms with Crippen molar-refractivity contribution in [2.24, 2.45) is 11.7 Å². The van der Waals surface area contributed by atoms with E-state index < -0.39 is 0 Å². The van der Waals surface area contributed by atoms with E-state index in [-0.39, 0.29) is 28.9 Å². The first-order valence-electron chi connectivity index (χ1n) is 8.11. The second-order valence-electron chi connectivity index (χ2n) is 5.98. The van der Waals surface area contributed by atoms with Gasteiger partial charge in [-0.15, -0.1) is 0 Å². The summed E-state index contributed by atoms with van der Waals surface area (Å²) in [7, 11) is 0. The molecule has 1 aliphatic rings. The second-order valence-corrected chi connectivity index (χ2v) is 5.98. The molecule has 0 bridgehead atoms. The van der Waals surface area contributed by atoms with Gasteiger partial charge in [0.25, 0.3) is 5.91 Å². The second kappa shape index (κ2) is 6.43. The molecule has 2 heterocycles. The molecule has 1 aromatic heterocycles. The first-order valence-corrected chi connectivity index (χ1v) is 8.11. The maximum absolute atomic E-state index is 12.7. The van der Waals surface area contributed by atoms with Crippen LogP contribution in [0.2, 0.25) is 0 Å². The fourth-order valence-corrected chi connectivity index (χ4v) is 3.14. The summed E-state index contributed by atoms with van der Waals surface area (Å²) in [5.41, 5.74) is 5.62. The first-order chi connectivity index (χ1) is 11.5. The van der Waals surface area contributed by atoms with Crippen LogP contribution in [0.25, 0.3) is 10.9 Å². The lowest BCUT2D eigenvalue weighted by atomic mass is 9.96. The van der Waals surface area contributed by atoms with Crippen molar-refractivity contribution in [3.63, 3.8) is 0 Å². The van der Waals surface area contributed by atoms with E-state index in [4.69, 9.17) is 5.73 Å². The van der Waals surface area contributed by atoms with Gasteiger partial charge < -0.3 is 10.6 Å². The van der Waals surface area contributed by atoms with E-state index in [1.807, 2.05) is 19.1 Å². The fraction of sp³-hybridized carbons (Fsp3) is 0.412. The Hall–Kier alpha value is -2.70. The van der Waals surface area contributed by atoms with E-state index in [1.54, 1.807) is 21.7 Å². The van der Waals surface area contributed by atoms with Crippen LogP contribution in [0.1, 0.15) is 30.3 Å². The number of carbonyl (C=O) groups is 2. The Bertz CT molecular complexity index is 851. The van der Waals surface area contributed by atoms with E-state index in [9.17, 15) is 14.4 Å². The Morgan fingerprint density at radius 1 is 1.25 bits per heavy atom. The van der Waals surface area contributed by atoms with Gasteiger partial charge in [0.2, 0.25) is 11.3 Å². The van der Waals surface area contributed by atoms with Crippen molar-refractivity contribution in [2.75, 3.05) is 13.1 Å². The number of piperidine rings is 1. The molecule has 2 aromatic rings. The molecule has 1 aliphatic heterocycles. The van der Waals surface area contributed by atoms with Gasteiger partial charge in [-0.25, -0.2) is 0 Å². The van der Waals surface area contributed by atoms with E-state index in [1.165, 1.54) is 0 Å². The number of hydrogen-bond acceptors (Lipinski definition) is 4. The smallest absolute Gasteiger partial charge is 0.278 e. The molecule has 0 aliphatic carbocycles. The van der Waals surface area contributed by atoms with Crippen LogP contribution in [-0.4, -0.2) is 39.6 Å². The number of aromatic nitrogens is 2. The average Bonchev–Trinajstić information content (AvgIpc) is 2.62. The third kappa shape index (κ3) is 2.77. The van der Waals surface area contributed by atoms with Crippen LogP contribution in [0.5, 0.6) is 0 Å². The highest BCUT2D eigenvalue weighted by atomic mass is 16.2. The zero-order valence-corrected chi connectivity index (χ0v) is 13.6. The van der Waals surface area contributed by atoms with Crippen LogP contribution in [0.3, 0.4) is 0 Å². The highest BCUT2D eigenvalue weighted by Crippen LogP contribution is 2.18. The van der Waals surface area contributed by atoms with Crippen molar-refractivity contribution >= 4 is 22.7 Å². The number of carbonyl (C=O) groups excluding carboxylic acids is 2. The monoisotopic (exact) mass is 328 g/mol. The lowest BCUT2D eigenvalue weighted by Gasteiger charge is -2.30. The normalized spacial score (nSPS) is 15.6. The lowest BCUT2D eigenvalue weighted by molar-refractivity contribution is -0.123. The van der Waals surface area contributed by atoms with Crippen molar-refractivity contribution in [1.82, 2.24) is 14.7 Å². The molecule has 3 rings (SSSR count). The van der Waals surface area contributed by atoms with Crippen molar-refractivity contribution in [3.8, 4) is 0 Å². The predicted octanol–water partition coefficient (Wildman–Crippen LogP) is 0.754. The zero-order chi connectivity index (χ0) is 17.3. The summed E-state index contributed by atoms with van der Waals surface area (Å²) in [6.07, 6.45) is 1.05. The molecule has 0 atom stereocenters. The zero-order valence-electron chi connectivity index (χ0n) is 13.6. The van der Waals surface area contributed by atoms with Crippen molar-refractivity contribution < 1.29 is 9.59 Å². The van der Waals surface area contributed by atoms with E-state index in [2.05, 4.69) is 5.10 Å². The van der Waals surface area contributed by atoms with Gasteiger partial charge in [-0.2, -0.15) is 5.10 Å². The molecule has 0 saturated carbocycles. The minimum Gasteiger partial charge on any atom is -0.369 e. The van der Waals surface area contributed by atoms with Crippen LogP contribution in [0.15, 0.2) is 29.1 Å². The molecule has 0 spiro atoms. The van der Waals surface area contributed by atoms with Gasteiger partial charge in [0.05, 0.1) is 5.52 Å². The number of para-hydroxylation sites is 1. The van der Waals surface area contributed by atoms with Crippen molar-refractivity contribution in [1.29, 1.82) is 0 Å². The van der Waals surface area contributed by atoms with Gasteiger partial charge in [0, 0.05) is 30.9 Å². The number of nitrogens with two attached hydrogens (primary N) is 1. The number of amides is 2. The lowest BCUT2D eigenvalue weighted by Crippen LogP contribution is -2.43. The minimum absolute atomic E-state index is 0.0620. The van der Waals surface area contributed by atoms with Gasteiger partial charge in [0.15, 0.2) is 5.69 Å². The summed E-state index contributed by atoms with van der Waals surface area (Å²) in [5.74, 6) is -0.916. The van der Waals surface area contributed by atoms with E-state index in [0.717, 1.165) is 0 Å². The highest BCUT2D eigenvalue weighted by Gasteiger charge is 2.29. The third-order valence-corrected chi connectivity index (χ3v) is 4.55. The van der Waals surface area contributed by atoms with Gasteiger partial charge in [0.1, 0.15) is 0 Å². The standard InChI is InChI=1S/C17H20N4O3/c1-2-21-13-6-4-3-5-12(13)15(22)14(19-21)17(24)20-9-7-11(8-10-20)16(18)23/h3-6,11H,2,7-10H2,1H3,(H2,18,23). The van der Waals surface area contributed by atoms with Crippen LogP contribution in [0, 0.1) is 5.92 Å². The summed E-state index contributed by atoms with van der Waals surface area (Å²) in [6, 6.07) is 7.14. The topological polar surface area (TPSA) is 98.3 Å². The third-order valence-electron chi connectivity index (χ3n) is 4.55. The SMILES string of the molecule is CCn1nc(C(=O)N2CCC(C(N)=O)CC2)c(=O)c2ccccc21. The molecule has 1 aromatic carbocycles. The van der Waals surface area contributed by atoms with Gasteiger partial charge in [-0.05, 0) is 31.9 Å².